The van der Waals surface area contributed by atoms with Crippen LogP contribution in [0.3, 0.4) is 0 Å². The van der Waals surface area contributed by atoms with Crippen LogP contribution in [0.25, 0.3) is 0 Å². The van der Waals surface area contributed by atoms with Crippen molar-refractivity contribution >= 4 is 11.9 Å². The largest absolute Gasteiger partial charge is 0.481 e. The lowest BCUT2D eigenvalue weighted by atomic mass is 9.95. The molecule has 2 rings (SSSR count). The molecule has 1 aliphatic carbocycles. The van der Waals surface area contributed by atoms with Crippen molar-refractivity contribution < 1.29 is 19.1 Å². The van der Waals surface area contributed by atoms with Crippen molar-refractivity contribution in [2.45, 2.75) is 26.2 Å². The van der Waals surface area contributed by atoms with Gasteiger partial charge in [0.1, 0.15) is 5.76 Å². The lowest BCUT2D eigenvalue weighted by Crippen LogP contribution is -2.36. The number of aliphatic carboxylic acids is 1. The lowest BCUT2D eigenvalue weighted by molar-refractivity contribution is -0.146. The maximum atomic E-state index is 12.0. The SMILES string of the molecule is CC1CC(C(=O)O)C(C(=O)NCCc2ccco2)C1. The zero-order valence-corrected chi connectivity index (χ0v) is 11.0. The summed E-state index contributed by atoms with van der Waals surface area (Å²) in [5, 5.41) is 11.9. The van der Waals surface area contributed by atoms with E-state index in [0.717, 1.165) is 5.76 Å². The summed E-state index contributed by atoms with van der Waals surface area (Å²) >= 11 is 0. The number of carbonyl (C=O) groups is 2. The molecule has 3 unspecified atom stereocenters. The van der Waals surface area contributed by atoms with Crippen molar-refractivity contribution in [2.75, 3.05) is 6.54 Å². The van der Waals surface area contributed by atoms with Crippen LogP contribution in [0.4, 0.5) is 0 Å². The summed E-state index contributed by atoms with van der Waals surface area (Å²) in [6.07, 6.45) is 3.46. The minimum Gasteiger partial charge on any atom is -0.481 e. The second-order valence-corrected chi connectivity index (χ2v) is 5.25. The molecular weight excluding hydrogens is 246 g/mol. The van der Waals surface area contributed by atoms with E-state index in [1.54, 1.807) is 12.3 Å². The van der Waals surface area contributed by atoms with Gasteiger partial charge in [0.05, 0.1) is 18.1 Å². The molecule has 19 heavy (non-hydrogen) atoms. The number of carbonyl (C=O) groups excluding carboxylic acids is 1. The van der Waals surface area contributed by atoms with E-state index in [1.165, 1.54) is 0 Å². The van der Waals surface area contributed by atoms with Crippen LogP contribution in [0.5, 0.6) is 0 Å². The normalized spacial score (nSPS) is 26.3. The van der Waals surface area contributed by atoms with Gasteiger partial charge in [-0.15, -0.1) is 0 Å². The fourth-order valence-electron chi connectivity index (χ4n) is 2.75. The van der Waals surface area contributed by atoms with Gasteiger partial charge in [-0.1, -0.05) is 6.92 Å². The molecule has 5 nitrogen and oxygen atoms in total. The Bertz CT molecular complexity index is 440. The Balaban J connectivity index is 1.83. The molecule has 1 aromatic heterocycles. The van der Waals surface area contributed by atoms with Crippen LogP contribution in [0.15, 0.2) is 22.8 Å². The Hall–Kier alpha value is -1.78. The fraction of sp³-hybridized carbons (Fsp3) is 0.571. The topological polar surface area (TPSA) is 79.5 Å². The summed E-state index contributed by atoms with van der Waals surface area (Å²) in [7, 11) is 0. The summed E-state index contributed by atoms with van der Waals surface area (Å²) in [5.74, 6) is -0.849. The monoisotopic (exact) mass is 265 g/mol. The molecule has 1 amide bonds. The number of carboxylic acid groups (broad SMARTS) is 1. The highest BCUT2D eigenvalue weighted by Crippen LogP contribution is 2.36. The first kappa shape index (κ1) is 13.6. The van der Waals surface area contributed by atoms with Gasteiger partial charge in [0, 0.05) is 13.0 Å². The number of amides is 1. The average Bonchev–Trinajstić information content (AvgIpc) is 2.98. The molecule has 2 N–H and O–H groups in total. The third-order valence-corrected chi connectivity index (χ3v) is 3.70. The van der Waals surface area contributed by atoms with E-state index in [9.17, 15) is 9.59 Å². The highest BCUT2D eigenvalue weighted by molar-refractivity contribution is 5.85. The van der Waals surface area contributed by atoms with Crippen LogP contribution in [0, 0.1) is 17.8 Å². The van der Waals surface area contributed by atoms with Crippen LogP contribution < -0.4 is 5.32 Å². The Morgan fingerprint density at radius 2 is 2.16 bits per heavy atom. The number of furan rings is 1. The molecular formula is C14H19NO4. The van der Waals surface area contributed by atoms with Crippen molar-refractivity contribution in [1.29, 1.82) is 0 Å². The smallest absolute Gasteiger partial charge is 0.307 e. The molecule has 0 bridgehead atoms. The van der Waals surface area contributed by atoms with Gasteiger partial charge in [0.25, 0.3) is 0 Å². The lowest BCUT2D eigenvalue weighted by Gasteiger charge is -2.15. The maximum Gasteiger partial charge on any atom is 0.307 e. The zero-order valence-electron chi connectivity index (χ0n) is 11.0. The Morgan fingerprint density at radius 1 is 1.42 bits per heavy atom. The summed E-state index contributed by atoms with van der Waals surface area (Å²) in [5.41, 5.74) is 0. The van der Waals surface area contributed by atoms with Gasteiger partial charge in [0.15, 0.2) is 0 Å². The van der Waals surface area contributed by atoms with E-state index < -0.39 is 17.8 Å². The van der Waals surface area contributed by atoms with Crippen molar-refractivity contribution in [3.05, 3.63) is 24.2 Å². The second kappa shape index (κ2) is 5.91. The van der Waals surface area contributed by atoms with E-state index in [1.807, 2.05) is 13.0 Å². The van der Waals surface area contributed by atoms with Crippen molar-refractivity contribution in [2.24, 2.45) is 17.8 Å². The standard InChI is InChI=1S/C14H19NO4/c1-9-7-11(12(8-9)14(17)18)13(16)15-5-4-10-3-2-6-19-10/h2-3,6,9,11-12H,4-5,7-8H2,1H3,(H,15,16)(H,17,18). The van der Waals surface area contributed by atoms with Gasteiger partial charge < -0.3 is 14.8 Å². The second-order valence-electron chi connectivity index (χ2n) is 5.25. The van der Waals surface area contributed by atoms with Crippen LogP contribution in [-0.4, -0.2) is 23.5 Å². The van der Waals surface area contributed by atoms with Crippen LogP contribution in [0.2, 0.25) is 0 Å². The first-order chi connectivity index (χ1) is 9.08. The first-order valence-corrected chi connectivity index (χ1v) is 6.61. The zero-order chi connectivity index (χ0) is 13.8. The van der Waals surface area contributed by atoms with Gasteiger partial charge in [-0.2, -0.15) is 0 Å². The number of carboxylic acids is 1. The van der Waals surface area contributed by atoms with Crippen molar-refractivity contribution in [3.63, 3.8) is 0 Å². The molecule has 1 aromatic rings. The van der Waals surface area contributed by atoms with E-state index in [2.05, 4.69) is 5.32 Å². The molecule has 1 saturated carbocycles. The summed E-state index contributed by atoms with van der Waals surface area (Å²) < 4.78 is 5.17. The Morgan fingerprint density at radius 3 is 2.79 bits per heavy atom. The molecule has 5 heteroatoms. The summed E-state index contributed by atoms with van der Waals surface area (Å²) in [6, 6.07) is 3.65. The molecule has 1 heterocycles. The van der Waals surface area contributed by atoms with Crippen molar-refractivity contribution in [3.8, 4) is 0 Å². The third kappa shape index (κ3) is 3.36. The van der Waals surface area contributed by atoms with E-state index in [0.29, 0.717) is 31.7 Å². The number of nitrogens with one attached hydrogen (secondary N) is 1. The first-order valence-electron chi connectivity index (χ1n) is 6.61. The van der Waals surface area contributed by atoms with Gasteiger partial charge in [0.2, 0.25) is 5.91 Å². The predicted molar refractivity (Wildman–Crippen MR) is 68.4 cm³/mol. The van der Waals surface area contributed by atoms with E-state index in [-0.39, 0.29) is 5.91 Å². The number of rotatable bonds is 5. The molecule has 0 spiro atoms. The van der Waals surface area contributed by atoms with E-state index >= 15 is 0 Å². The van der Waals surface area contributed by atoms with Crippen LogP contribution >= 0.6 is 0 Å². The Labute approximate surface area is 112 Å². The van der Waals surface area contributed by atoms with Crippen LogP contribution in [0.1, 0.15) is 25.5 Å². The van der Waals surface area contributed by atoms with Gasteiger partial charge in [-0.05, 0) is 30.9 Å². The van der Waals surface area contributed by atoms with Gasteiger partial charge >= 0.3 is 5.97 Å². The highest BCUT2D eigenvalue weighted by Gasteiger charge is 2.40. The number of hydrogen-bond acceptors (Lipinski definition) is 3. The molecule has 104 valence electrons. The Kier molecular flexibility index (Phi) is 4.24. The van der Waals surface area contributed by atoms with Gasteiger partial charge in [-0.3, -0.25) is 9.59 Å². The fourth-order valence-corrected chi connectivity index (χ4v) is 2.75. The molecule has 1 fully saturated rings. The molecule has 0 aliphatic heterocycles. The predicted octanol–water partition coefficient (Wildman–Crippen LogP) is 1.69. The molecule has 0 aromatic carbocycles. The molecule has 0 radical (unpaired) electrons. The average molecular weight is 265 g/mol. The molecule has 1 aliphatic rings. The maximum absolute atomic E-state index is 12.0. The quantitative estimate of drug-likeness (QED) is 0.849. The summed E-state index contributed by atoms with van der Waals surface area (Å²) in [6.45, 7) is 2.47. The third-order valence-electron chi connectivity index (χ3n) is 3.70. The summed E-state index contributed by atoms with van der Waals surface area (Å²) in [4.78, 5) is 23.2. The molecule has 3 atom stereocenters. The highest BCUT2D eigenvalue weighted by atomic mass is 16.4. The van der Waals surface area contributed by atoms with Crippen molar-refractivity contribution in [1.82, 2.24) is 5.32 Å². The molecule has 0 saturated heterocycles. The van der Waals surface area contributed by atoms with Gasteiger partial charge in [-0.25, -0.2) is 0 Å². The minimum absolute atomic E-state index is 0.150. The van der Waals surface area contributed by atoms with E-state index in [4.69, 9.17) is 9.52 Å². The van der Waals surface area contributed by atoms with Crippen LogP contribution in [-0.2, 0) is 16.0 Å². The minimum atomic E-state index is -0.865. The number of hydrogen-bond donors (Lipinski definition) is 2.